The Morgan fingerprint density at radius 3 is 2.45 bits per heavy atom. The lowest BCUT2D eigenvalue weighted by Gasteiger charge is -2.10. The van der Waals surface area contributed by atoms with Crippen molar-refractivity contribution in [2.45, 2.75) is 6.92 Å². The molecule has 0 amide bonds. The SMILES string of the molecule is COc1ccc(C(C)=NNc2ccc(F)cc2F)c(OC)c1. The molecule has 0 heterocycles. The van der Waals surface area contributed by atoms with Crippen LogP contribution in [0.2, 0.25) is 0 Å². The zero-order valence-electron chi connectivity index (χ0n) is 12.5. The molecule has 2 aromatic carbocycles. The minimum absolute atomic E-state index is 0.0910. The van der Waals surface area contributed by atoms with Crippen LogP contribution in [0.15, 0.2) is 41.5 Å². The van der Waals surface area contributed by atoms with Gasteiger partial charge in [-0.25, -0.2) is 8.78 Å². The maximum Gasteiger partial charge on any atom is 0.151 e. The highest BCUT2D eigenvalue weighted by Gasteiger charge is 2.09. The lowest BCUT2D eigenvalue weighted by atomic mass is 10.1. The molecule has 0 aliphatic carbocycles. The van der Waals surface area contributed by atoms with Crippen molar-refractivity contribution >= 4 is 11.4 Å². The van der Waals surface area contributed by atoms with Gasteiger partial charge in [-0.3, -0.25) is 5.43 Å². The summed E-state index contributed by atoms with van der Waals surface area (Å²) in [6.07, 6.45) is 0. The van der Waals surface area contributed by atoms with Gasteiger partial charge in [-0.2, -0.15) is 5.10 Å². The molecule has 0 bridgehead atoms. The molecule has 0 unspecified atom stereocenters. The topological polar surface area (TPSA) is 42.8 Å². The molecule has 0 spiro atoms. The zero-order valence-corrected chi connectivity index (χ0v) is 12.5. The number of nitrogens with zero attached hydrogens (tertiary/aromatic N) is 1. The van der Waals surface area contributed by atoms with E-state index in [-0.39, 0.29) is 5.69 Å². The third-order valence-electron chi connectivity index (χ3n) is 3.07. The molecule has 2 aromatic rings. The van der Waals surface area contributed by atoms with Gasteiger partial charge >= 0.3 is 0 Å². The van der Waals surface area contributed by atoms with Crippen LogP contribution in [-0.4, -0.2) is 19.9 Å². The molecule has 0 aliphatic heterocycles. The Kier molecular flexibility index (Phi) is 4.93. The van der Waals surface area contributed by atoms with Gasteiger partial charge in [0.1, 0.15) is 17.3 Å². The summed E-state index contributed by atoms with van der Waals surface area (Å²) >= 11 is 0. The van der Waals surface area contributed by atoms with E-state index in [1.54, 1.807) is 39.3 Å². The quantitative estimate of drug-likeness (QED) is 0.674. The first-order chi connectivity index (χ1) is 10.5. The molecule has 1 N–H and O–H groups in total. The molecule has 4 nitrogen and oxygen atoms in total. The normalized spacial score (nSPS) is 11.2. The summed E-state index contributed by atoms with van der Waals surface area (Å²) in [5, 5.41) is 4.10. The number of nitrogens with one attached hydrogen (secondary N) is 1. The van der Waals surface area contributed by atoms with E-state index in [2.05, 4.69) is 10.5 Å². The number of hydrogen-bond donors (Lipinski definition) is 1. The van der Waals surface area contributed by atoms with Crippen molar-refractivity contribution in [2.75, 3.05) is 19.6 Å². The second kappa shape index (κ2) is 6.89. The lowest BCUT2D eigenvalue weighted by Crippen LogP contribution is -2.03. The molecular weight excluding hydrogens is 290 g/mol. The first kappa shape index (κ1) is 15.8. The van der Waals surface area contributed by atoms with Gasteiger partial charge in [0.25, 0.3) is 0 Å². The van der Waals surface area contributed by atoms with E-state index >= 15 is 0 Å². The second-order valence-electron chi connectivity index (χ2n) is 4.50. The highest BCUT2D eigenvalue weighted by Crippen LogP contribution is 2.25. The number of hydrogen-bond acceptors (Lipinski definition) is 4. The van der Waals surface area contributed by atoms with Crippen LogP contribution in [0.4, 0.5) is 14.5 Å². The van der Waals surface area contributed by atoms with Gasteiger partial charge in [0, 0.05) is 17.7 Å². The van der Waals surface area contributed by atoms with Gasteiger partial charge < -0.3 is 9.47 Å². The summed E-state index contributed by atoms with van der Waals surface area (Å²) < 4.78 is 36.8. The Morgan fingerprint density at radius 1 is 1.05 bits per heavy atom. The van der Waals surface area contributed by atoms with Gasteiger partial charge in [0.2, 0.25) is 0 Å². The van der Waals surface area contributed by atoms with Crippen LogP contribution >= 0.6 is 0 Å². The van der Waals surface area contributed by atoms with Crippen molar-refractivity contribution in [3.63, 3.8) is 0 Å². The number of anilines is 1. The van der Waals surface area contributed by atoms with Gasteiger partial charge in [0.15, 0.2) is 5.82 Å². The Labute approximate surface area is 127 Å². The van der Waals surface area contributed by atoms with E-state index in [4.69, 9.17) is 9.47 Å². The summed E-state index contributed by atoms with van der Waals surface area (Å²) in [6, 6.07) is 8.53. The molecule has 0 saturated carbocycles. The highest BCUT2D eigenvalue weighted by atomic mass is 19.1. The van der Waals surface area contributed by atoms with Crippen LogP contribution in [0.25, 0.3) is 0 Å². The molecule has 6 heteroatoms. The number of hydrazone groups is 1. The van der Waals surface area contributed by atoms with Gasteiger partial charge in [0.05, 0.1) is 25.6 Å². The molecule has 0 aliphatic rings. The van der Waals surface area contributed by atoms with Crippen molar-refractivity contribution < 1.29 is 18.3 Å². The van der Waals surface area contributed by atoms with E-state index in [1.165, 1.54) is 6.07 Å². The van der Waals surface area contributed by atoms with Crippen LogP contribution < -0.4 is 14.9 Å². The van der Waals surface area contributed by atoms with Crippen molar-refractivity contribution in [1.82, 2.24) is 0 Å². The first-order valence-electron chi connectivity index (χ1n) is 6.53. The summed E-state index contributed by atoms with van der Waals surface area (Å²) in [5.74, 6) is -0.105. The first-order valence-corrected chi connectivity index (χ1v) is 6.53. The standard InChI is InChI=1S/C16H16F2N2O2/c1-10(13-6-5-12(21-2)9-16(13)22-3)19-20-15-7-4-11(17)8-14(15)18/h4-9,20H,1-3H3. The predicted octanol–water partition coefficient (Wildman–Crippen LogP) is 3.82. The van der Waals surface area contributed by atoms with E-state index in [9.17, 15) is 8.78 Å². The molecule has 0 radical (unpaired) electrons. The fraction of sp³-hybridized carbons (Fsp3) is 0.188. The third kappa shape index (κ3) is 3.52. The minimum atomic E-state index is -0.710. The van der Waals surface area contributed by atoms with E-state index in [0.717, 1.165) is 17.7 Å². The van der Waals surface area contributed by atoms with Crippen LogP contribution in [0.1, 0.15) is 12.5 Å². The molecular formula is C16H16F2N2O2. The minimum Gasteiger partial charge on any atom is -0.497 e. The average Bonchev–Trinajstić information content (AvgIpc) is 2.53. The maximum absolute atomic E-state index is 13.5. The van der Waals surface area contributed by atoms with Crippen molar-refractivity contribution in [1.29, 1.82) is 0 Å². The summed E-state index contributed by atoms with van der Waals surface area (Å²) in [4.78, 5) is 0. The van der Waals surface area contributed by atoms with Crippen LogP contribution in [0, 0.1) is 11.6 Å². The smallest absolute Gasteiger partial charge is 0.151 e. The van der Waals surface area contributed by atoms with Crippen LogP contribution in [0.3, 0.4) is 0 Å². The van der Waals surface area contributed by atoms with E-state index < -0.39 is 11.6 Å². The fourth-order valence-corrected chi connectivity index (χ4v) is 1.88. The molecule has 0 atom stereocenters. The predicted molar refractivity (Wildman–Crippen MR) is 81.7 cm³/mol. The highest BCUT2D eigenvalue weighted by molar-refractivity contribution is 6.01. The Bertz CT molecular complexity index is 703. The summed E-state index contributed by atoms with van der Waals surface area (Å²) in [6.45, 7) is 1.75. The number of ether oxygens (including phenoxy) is 2. The van der Waals surface area contributed by atoms with Gasteiger partial charge in [-0.15, -0.1) is 0 Å². The third-order valence-corrected chi connectivity index (χ3v) is 3.07. The van der Waals surface area contributed by atoms with Crippen molar-refractivity contribution in [3.8, 4) is 11.5 Å². The molecule has 0 aromatic heterocycles. The Hall–Kier alpha value is -2.63. The molecule has 2 rings (SSSR count). The monoisotopic (exact) mass is 306 g/mol. The molecule has 116 valence electrons. The Balaban J connectivity index is 2.25. The molecule has 0 saturated heterocycles. The number of rotatable bonds is 5. The largest absolute Gasteiger partial charge is 0.497 e. The zero-order chi connectivity index (χ0) is 16.1. The maximum atomic E-state index is 13.5. The second-order valence-corrected chi connectivity index (χ2v) is 4.50. The van der Waals surface area contributed by atoms with Crippen molar-refractivity contribution in [2.24, 2.45) is 5.10 Å². The summed E-state index contributed by atoms with van der Waals surface area (Å²) in [5.41, 5.74) is 3.99. The van der Waals surface area contributed by atoms with Gasteiger partial charge in [-0.05, 0) is 31.2 Å². The summed E-state index contributed by atoms with van der Waals surface area (Å²) in [7, 11) is 3.10. The van der Waals surface area contributed by atoms with Crippen molar-refractivity contribution in [3.05, 3.63) is 53.6 Å². The van der Waals surface area contributed by atoms with E-state index in [0.29, 0.717) is 17.2 Å². The fourth-order valence-electron chi connectivity index (χ4n) is 1.88. The van der Waals surface area contributed by atoms with Gasteiger partial charge in [-0.1, -0.05) is 0 Å². The molecule has 0 fully saturated rings. The number of benzene rings is 2. The lowest BCUT2D eigenvalue weighted by molar-refractivity contribution is 0.394. The molecule has 22 heavy (non-hydrogen) atoms. The Morgan fingerprint density at radius 2 is 1.82 bits per heavy atom. The number of methoxy groups -OCH3 is 2. The van der Waals surface area contributed by atoms with E-state index in [1.807, 2.05) is 0 Å². The van der Waals surface area contributed by atoms with Crippen LogP contribution in [0.5, 0.6) is 11.5 Å². The number of halogens is 2. The van der Waals surface area contributed by atoms with Crippen LogP contribution in [-0.2, 0) is 0 Å². The average molecular weight is 306 g/mol.